The molecule has 84 valence electrons. The van der Waals surface area contributed by atoms with Crippen LogP contribution in [0.15, 0.2) is 24.3 Å². The lowest BCUT2D eigenvalue weighted by Gasteiger charge is -2.09. The minimum Gasteiger partial charge on any atom is -0.399 e. The minimum atomic E-state index is -0.209. The van der Waals surface area contributed by atoms with Gasteiger partial charge in [0.2, 0.25) is 5.91 Å². The van der Waals surface area contributed by atoms with Crippen LogP contribution in [0.5, 0.6) is 0 Å². The zero-order chi connectivity index (χ0) is 11.5. The van der Waals surface area contributed by atoms with Crippen molar-refractivity contribution in [3.63, 3.8) is 0 Å². The number of carbonyl (C=O) groups is 2. The lowest BCUT2D eigenvalue weighted by atomic mass is 10.1. The van der Waals surface area contributed by atoms with Gasteiger partial charge in [0.15, 0.2) is 5.12 Å². The Morgan fingerprint density at radius 1 is 1.50 bits per heavy atom. The van der Waals surface area contributed by atoms with Gasteiger partial charge in [0.25, 0.3) is 0 Å². The number of nitrogens with one attached hydrogen (secondary N) is 1. The first-order valence-electron chi connectivity index (χ1n) is 4.97. The summed E-state index contributed by atoms with van der Waals surface area (Å²) in [6.45, 7) is 0. The van der Waals surface area contributed by atoms with Gasteiger partial charge >= 0.3 is 0 Å². The molecular weight excluding hydrogens is 224 g/mol. The summed E-state index contributed by atoms with van der Waals surface area (Å²) in [4.78, 5) is 22.8. The second kappa shape index (κ2) is 4.57. The molecule has 1 amide bonds. The van der Waals surface area contributed by atoms with E-state index in [1.54, 1.807) is 24.3 Å². The van der Waals surface area contributed by atoms with Crippen LogP contribution in [0, 0.1) is 5.92 Å². The van der Waals surface area contributed by atoms with Gasteiger partial charge in [0.05, 0.1) is 5.92 Å². The molecule has 0 saturated carbocycles. The van der Waals surface area contributed by atoms with E-state index < -0.39 is 0 Å². The number of rotatable bonds is 2. The Morgan fingerprint density at radius 3 is 2.94 bits per heavy atom. The van der Waals surface area contributed by atoms with Crippen molar-refractivity contribution in [1.82, 2.24) is 0 Å². The summed E-state index contributed by atoms with van der Waals surface area (Å²) in [7, 11) is 0. The third-order valence-corrected chi connectivity index (χ3v) is 3.44. The molecule has 4 nitrogen and oxygen atoms in total. The monoisotopic (exact) mass is 236 g/mol. The molecule has 0 bridgehead atoms. The van der Waals surface area contributed by atoms with Gasteiger partial charge in [-0.25, -0.2) is 0 Å². The summed E-state index contributed by atoms with van der Waals surface area (Å²) < 4.78 is 0. The average Bonchev–Trinajstić information content (AvgIpc) is 2.65. The molecule has 3 N–H and O–H groups in total. The van der Waals surface area contributed by atoms with Gasteiger partial charge in [0.1, 0.15) is 0 Å². The molecule has 0 aromatic heterocycles. The summed E-state index contributed by atoms with van der Waals surface area (Å²) in [5, 5.41) is 2.85. The number of nitrogens with two attached hydrogens (primary N) is 1. The summed E-state index contributed by atoms with van der Waals surface area (Å²) >= 11 is 1.22. The topological polar surface area (TPSA) is 72.2 Å². The molecule has 1 aliphatic rings. The molecule has 1 aromatic rings. The van der Waals surface area contributed by atoms with E-state index in [0.717, 1.165) is 0 Å². The normalized spacial score (nSPS) is 19.8. The molecule has 1 aromatic carbocycles. The predicted octanol–water partition coefficient (Wildman–Crippen LogP) is 1.49. The maximum Gasteiger partial charge on any atom is 0.228 e. The highest BCUT2D eigenvalue weighted by Gasteiger charge is 2.28. The van der Waals surface area contributed by atoms with E-state index in [9.17, 15) is 9.59 Å². The van der Waals surface area contributed by atoms with Crippen LogP contribution in [-0.4, -0.2) is 16.8 Å². The van der Waals surface area contributed by atoms with Crippen LogP contribution < -0.4 is 11.1 Å². The van der Waals surface area contributed by atoms with Gasteiger partial charge in [-0.15, -0.1) is 0 Å². The molecule has 0 radical (unpaired) electrons. The maximum atomic E-state index is 11.8. The van der Waals surface area contributed by atoms with Crippen LogP contribution in [0.1, 0.15) is 6.42 Å². The second-order valence-electron chi connectivity index (χ2n) is 3.70. The van der Waals surface area contributed by atoms with Crippen molar-refractivity contribution >= 4 is 34.2 Å². The molecular formula is C11H12N2O2S. The van der Waals surface area contributed by atoms with Crippen LogP contribution in [0.2, 0.25) is 0 Å². The zero-order valence-electron chi connectivity index (χ0n) is 8.60. The highest BCUT2D eigenvalue weighted by atomic mass is 32.2. The number of carbonyl (C=O) groups excluding carboxylic acids is 2. The van der Waals surface area contributed by atoms with Crippen LogP contribution in [0.25, 0.3) is 0 Å². The average molecular weight is 236 g/mol. The summed E-state index contributed by atoms with van der Waals surface area (Å²) in [5.74, 6) is 0.260. The van der Waals surface area contributed by atoms with Crippen molar-refractivity contribution in [3.05, 3.63) is 24.3 Å². The lowest BCUT2D eigenvalue weighted by Crippen LogP contribution is -2.22. The predicted molar refractivity (Wildman–Crippen MR) is 65.1 cm³/mol. The van der Waals surface area contributed by atoms with E-state index in [-0.39, 0.29) is 16.9 Å². The Kier molecular flexibility index (Phi) is 3.14. The fourth-order valence-electron chi connectivity index (χ4n) is 1.54. The number of nitrogen functional groups attached to an aromatic ring is 1. The highest BCUT2D eigenvalue weighted by molar-refractivity contribution is 8.14. The highest BCUT2D eigenvalue weighted by Crippen LogP contribution is 2.26. The minimum absolute atomic E-state index is 0.0905. The van der Waals surface area contributed by atoms with Gasteiger partial charge in [-0.3, -0.25) is 9.59 Å². The number of thioether (sulfide) groups is 1. The van der Waals surface area contributed by atoms with Gasteiger partial charge in [0, 0.05) is 23.5 Å². The quantitative estimate of drug-likeness (QED) is 0.763. The standard InChI is InChI=1S/C11H12N2O2S/c12-8-2-1-3-9(5-8)13-11(15)7-4-10(14)16-6-7/h1-3,5,7H,4,6,12H2,(H,13,15). The third kappa shape index (κ3) is 2.55. The van der Waals surface area contributed by atoms with Crippen LogP contribution >= 0.6 is 11.8 Å². The first kappa shape index (κ1) is 11.0. The van der Waals surface area contributed by atoms with Gasteiger partial charge in [-0.1, -0.05) is 17.8 Å². The number of benzene rings is 1. The van der Waals surface area contributed by atoms with E-state index in [0.29, 0.717) is 23.5 Å². The van der Waals surface area contributed by atoms with Crippen molar-refractivity contribution < 1.29 is 9.59 Å². The Labute approximate surface area is 97.6 Å². The Balaban J connectivity index is 1.99. The van der Waals surface area contributed by atoms with Crippen molar-refractivity contribution in [2.75, 3.05) is 16.8 Å². The zero-order valence-corrected chi connectivity index (χ0v) is 9.42. The van der Waals surface area contributed by atoms with E-state index in [1.165, 1.54) is 11.8 Å². The molecule has 5 heteroatoms. The Hall–Kier alpha value is -1.49. The van der Waals surface area contributed by atoms with Gasteiger partial charge < -0.3 is 11.1 Å². The van der Waals surface area contributed by atoms with Crippen molar-refractivity contribution in [2.24, 2.45) is 5.92 Å². The maximum absolute atomic E-state index is 11.8. The Morgan fingerprint density at radius 2 is 2.31 bits per heavy atom. The fourth-order valence-corrected chi connectivity index (χ4v) is 2.52. The molecule has 1 saturated heterocycles. The van der Waals surface area contributed by atoms with Crippen LogP contribution in [-0.2, 0) is 9.59 Å². The van der Waals surface area contributed by atoms with Gasteiger partial charge in [-0.2, -0.15) is 0 Å². The molecule has 0 spiro atoms. The molecule has 1 heterocycles. The fraction of sp³-hybridized carbons (Fsp3) is 0.273. The second-order valence-corrected chi connectivity index (χ2v) is 4.78. The molecule has 1 atom stereocenters. The van der Waals surface area contributed by atoms with Crippen molar-refractivity contribution in [1.29, 1.82) is 0 Å². The van der Waals surface area contributed by atoms with E-state index in [1.807, 2.05) is 0 Å². The molecule has 1 aliphatic heterocycles. The third-order valence-electron chi connectivity index (χ3n) is 2.38. The molecule has 1 unspecified atom stereocenters. The first-order chi connectivity index (χ1) is 7.65. The molecule has 0 aliphatic carbocycles. The largest absolute Gasteiger partial charge is 0.399 e. The molecule has 1 fully saturated rings. The van der Waals surface area contributed by atoms with E-state index >= 15 is 0 Å². The van der Waals surface area contributed by atoms with E-state index in [4.69, 9.17) is 5.73 Å². The van der Waals surface area contributed by atoms with Crippen LogP contribution in [0.4, 0.5) is 11.4 Å². The SMILES string of the molecule is Nc1cccc(NC(=O)C2CSC(=O)C2)c1. The summed E-state index contributed by atoms with van der Waals surface area (Å²) in [5.41, 5.74) is 6.88. The first-order valence-corrected chi connectivity index (χ1v) is 5.96. The number of hydrogen-bond donors (Lipinski definition) is 2. The lowest BCUT2D eigenvalue weighted by molar-refractivity contribution is -0.121. The van der Waals surface area contributed by atoms with Gasteiger partial charge in [-0.05, 0) is 18.2 Å². The summed E-state index contributed by atoms with van der Waals surface area (Å²) in [6.07, 6.45) is 0.332. The van der Waals surface area contributed by atoms with E-state index in [2.05, 4.69) is 5.32 Å². The molecule has 16 heavy (non-hydrogen) atoms. The Bertz CT molecular complexity index is 434. The van der Waals surface area contributed by atoms with Crippen molar-refractivity contribution in [3.8, 4) is 0 Å². The van der Waals surface area contributed by atoms with Crippen LogP contribution in [0.3, 0.4) is 0 Å². The smallest absolute Gasteiger partial charge is 0.228 e. The number of hydrogen-bond acceptors (Lipinski definition) is 4. The molecule has 2 rings (SSSR count). The van der Waals surface area contributed by atoms with Crippen molar-refractivity contribution in [2.45, 2.75) is 6.42 Å². The number of anilines is 2. The number of amides is 1. The summed E-state index contributed by atoms with van der Waals surface area (Å²) in [6, 6.07) is 7.00.